The molecule has 2 heterocycles. The van der Waals surface area contributed by atoms with Gasteiger partial charge in [-0.2, -0.15) is 0 Å². The second kappa shape index (κ2) is 11.4. The van der Waals surface area contributed by atoms with E-state index < -0.39 is 0 Å². The highest BCUT2D eigenvalue weighted by Gasteiger charge is 2.27. The van der Waals surface area contributed by atoms with Gasteiger partial charge in [0.05, 0.1) is 17.9 Å². The summed E-state index contributed by atoms with van der Waals surface area (Å²) < 4.78 is 7.49. The Kier molecular flexibility index (Phi) is 8.03. The van der Waals surface area contributed by atoms with Gasteiger partial charge in [-0.25, -0.2) is 0 Å². The lowest BCUT2D eigenvalue weighted by Gasteiger charge is -2.35. The summed E-state index contributed by atoms with van der Waals surface area (Å²) in [6.45, 7) is 10.5. The van der Waals surface area contributed by atoms with Gasteiger partial charge >= 0.3 is 0 Å². The third-order valence-electron chi connectivity index (χ3n) is 5.94. The van der Waals surface area contributed by atoms with Crippen LogP contribution in [-0.2, 0) is 17.9 Å². The van der Waals surface area contributed by atoms with Crippen LogP contribution in [0.1, 0.15) is 12.5 Å². The molecule has 2 aromatic carbocycles. The van der Waals surface area contributed by atoms with Gasteiger partial charge in [0.15, 0.2) is 11.0 Å². The van der Waals surface area contributed by atoms with Crippen LogP contribution in [0.15, 0.2) is 72.4 Å². The number of amides is 1. The van der Waals surface area contributed by atoms with E-state index in [0.717, 1.165) is 44.0 Å². The van der Waals surface area contributed by atoms with Crippen molar-refractivity contribution in [1.82, 2.24) is 24.6 Å². The van der Waals surface area contributed by atoms with E-state index in [0.29, 0.717) is 17.5 Å². The number of para-hydroxylation sites is 1. The zero-order valence-electron chi connectivity index (χ0n) is 19.8. The number of piperazine rings is 1. The third-order valence-corrected chi connectivity index (χ3v) is 7.01. The molecule has 1 saturated heterocycles. The number of allylic oxidation sites excluding steroid dienone is 1. The van der Waals surface area contributed by atoms with Crippen molar-refractivity contribution in [2.45, 2.75) is 30.4 Å². The Hall–Kier alpha value is -3.10. The van der Waals surface area contributed by atoms with E-state index in [4.69, 9.17) is 4.74 Å². The Morgan fingerprint density at radius 2 is 1.79 bits per heavy atom. The number of rotatable bonds is 9. The average Bonchev–Trinajstić information content (AvgIpc) is 3.26. The number of benzene rings is 2. The second-order valence-electron chi connectivity index (χ2n) is 8.25. The molecule has 0 saturated carbocycles. The number of carbonyl (C=O) groups excluding carboxylic acids is 1. The standard InChI is InChI=1S/C26H31N5O2S/c1-4-14-31-24(22-12-8-9-13-23(22)33-3)27-28-26(31)34-20(2)25(32)30-17-15-29(16-18-30)19-21-10-6-5-7-11-21/h4-13,20H,1,14-19H2,2-3H3. The Morgan fingerprint density at radius 3 is 2.50 bits per heavy atom. The van der Waals surface area contributed by atoms with Crippen LogP contribution in [-0.4, -0.2) is 69.0 Å². The first-order valence-electron chi connectivity index (χ1n) is 11.5. The van der Waals surface area contributed by atoms with Crippen LogP contribution in [0, 0.1) is 0 Å². The fraction of sp³-hybridized carbons (Fsp3) is 0.346. The molecule has 0 aliphatic carbocycles. The lowest BCUT2D eigenvalue weighted by atomic mass is 10.2. The first-order chi connectivity index (χ1) is 16.6. The minimum Gasteiger partial charge on any atom is -0.496 e. The van der Waals surface area contributed by atoms with E-state index in [2.05, 4.69) is 45.9 Å². The zero-order valence-corrected chi connectivity index (χ0v) is 20.6. The quantitative estimate of drug-likeness (QED) is 0.343. The number of hydrogen-bond donors (Lipinski definition) is 0. The SMILES string of the molecule is C=CCn1c(SC(C)C(=O)N2CCN(Cc3ccccc3)CC2)nnc1-c1ccccc1OC. The van der Waals surface area contributed by atoms with Crippen LogP contribution in [0.25, 0.3) is 11.4 Å². The summed E-state index contributed by atoms with van der Waals surface area (Å²) in [7, 11) is 1.64. The fourth-order valence-electron chi connectivity index (χ4n) is 4.13. The topological polar surface area (TPSA) is 63.5 Å². The lowest BCUT2D eigenvalue weighted by molar-refractivity contribution is -0.132. The first kappa shape index (κ1) is 24.0. The Bertz CT molecular complexity index is 1110. The molecular formula is C26H31N5O2S. The summed E-state index contributed by atoms with van der Waals surface area (Å²) in [5, 5.41) is 9.26. The number of nitrogens with zero attached hydrogens (tertiary/aromatic N) is 5. The Morgan fingerprint density at radius 1 is 1.09 bits per heavy atom. The minimum absolute atomic E-state index is 0.136. The van der Waals surface area contributed by atoms with E-state index in [1.54, 1.807) is 7.11 Å². The number of thioether (sulfide) groups is 1. The van der Waals surface area contributed by atoms with Crippen molar-refractivity contribution in [3.63, 3.8) is 0 Å². The van der Waals surface area contributed by atoms with Crippen molar-refractivity contribution >= 4 is 17.7 Å². The van der Waals surface area contributed by atoms with Crippen molar-refractivity contribution in [1.29, 1.82) is 0 Å². The summed E-state index contributed by atoms with van der Waals surface area (Å²) in [6, 6.07) is 18.2. The number of ether oxygens (including phenoxy) is 1. The van der Waals surface area contributed by atoms with Gasteiger partial charge in [-0.05, 0) is 24.6 Å². The molecule has 0 spiro atoms. The molecule has 4 rings (SSSR count). The molecule has 1 amide bonds. The Balaban J connectivity index is 1.40. The summed E-state index contributed by atoms with van der Waals surface area (Å²) in [5.41, 5.74) is 2.17. The van der Waals surface area contributed by atoms with Crippen molar-refractivity contribution < 1.29 is 9.53 Å². The third kappa shape index (κ3) is 5.51. The molecule has 1 aliphatic rings. The molecule has 1 aliphatic heterocycles. The molecule has 1 aromatic heterocycles. The maximum absolute atomic E-state index is 13.2. The highest BCUT2D eigenvalue weighted by Crippen LogP contribution is 2.32. The highest BCUT2D eigenvalue weighted by atomic mass is 32.2. The van der Waals surface area contributed by atoms with Crippen LogP contribution in [0.5, 0.6) is 5.75 Å². The summed E-state index contributed by atoms with van der Waals surface area (Å²) >= 11 is 1.44. The van der Waals surface area contributed by atoms with Gasteiger partial charge in [-0.1, -0.05) is 60.3 Å². The molecule has 0 N–H and O–H groups in total. The monoisotopic (exact) mass is 477 g/mol. The zero-order chi connectivity index (χ0) is 23.9. The molecule has 178 valence electrons. The average molecular weight is 478 g/mol. The number of hydrogen-bond acceptors (Lipinski definition) is 6. The molecule has 0 radical (unpaired) electrons. The second-order valence-corrected chi connectivity index (χ2v) is 9.56. The van der Waals surface area contributed by atoms with Gasteiger partial charge in [0.2, 0.25) is 5.91 Å². The summed E-state index contributed by atoms with van der Waals surface area (Å²) in [5.74, 6) is 1.57. The molecule has 3 aromatic rings. The van der Waals surface area contributed by atoms with Gasteiger partial charge in [-0.15, -0.1) is 16.8 Å². The lowest BCUT2D eigenvalue weighted by Crippen LogP contribution is -2.50. The van der Waals surface area contributed by atoms with Gasteiger partial charge < -0.3 is 9.64 Å². The number of methoxy groups -OCH3 is 1. The van der Waals surface area contributed by atoms with Crippen molar-refractivity contribution in [3.05, 3.63) is 72.8 Å². The van der Waals surface area contributed by atoms with Gasteiger partial charge in [0.1, 0.15) is 5.75 Å². The summed E-state index contributed by atoms with van der Waals surface area (Å²) in [6.07, 6.45) is 1.81. The molecule has 7 nitrogen and oxygen atoms in total. The molecular weight excluding hydrogens is 446 g/mol. The minimum atomic E-state index is -0.265. The predicted molar refractivity (Wildman–Crippen MR) is 136 cm³/mol. The first-order valence-corrected chi connectivity index (χ1v) is 12.4. The van der Waals surface area contributed by atoms with Crippen LogP contribution >= 0.6 is 11.8 Å². The summed E-state index contributed by atoms with van der Waals surface area (Å²) in [4.78, 5) is 17.6. The van der Waals surface area contributed by atoms with E-state index >= 15 is 0 Å². The van der Waals surface area contributed by atoms with E-state index in [-0.39, 0.29) is 11.2 Å². The number of carbonyl (C=O) groups is 1. The van der Waals surface area contributed by atoms with Crippen molar-refractivity contribution in [3.8, 4) is 17.1 Å². The number of aromatic nitrogens is 3. The normalized spacial score (nSPS) is 15.2. The van der Waals surface area contributed by atoms with E-state index in [1.165, 1.54) is 17.3 Å². The van der Waals surface area contributed by atoms with E-state index in [9.17, 15) is 4.79 Å². The van der Waals surface area contributed by atoms with Crippen molar-refractivity contribution in [2.24, 2.45) is 0 Å². The molecule has 0 bridgehead atoms. The molecule has 1 unspecified atom stereocenters. The Labute approximate surface area is 205 Å². The maximum atomic E-state index is 13.2. The smallest absolute Gasteiger partial charge is 0.235 e. The van der Waals surface area contributed by atoms with Crippen LogP contribution < -0.4 is 4.74 Å². The molecule has 8 heteroatoms. The fourth-order valence-corrected chi connectivity index (χ4v) is 5.07. The van der Waals surface area contributed by atoms with Crippen molar-refractivity contribution in [2.75, 3.05) is 33.3 Å². The van der Waals surface area contributed by atoms with E-state index in [1.807, 2.05) is 52.8 Å². The van der Waals surface area contributed by atoms with Gasteiger partial charge in [0.25, 0.3) is 0 Å². The molecule has 1 atom stereocenters. The van der Waals surface area contributed by atoms with Crippen LogP contribution in [0.3, 0.4) is 0 Å². The molecule has 1 fully saturated rings. The van der Waals surface area contributed by atoms with Gasteiger partial charge in [-0.3, -0.25) is 14.3 Å². The maximum Gasteiger partial charge on any atom is 0.235 e. The highest BCUT2D eigenvalue weighted by molar-refractivity contribution is 8.00. The largest absolute Gasteiger partial charge is 0.496 e. The van der Waals surface area contributed by atoms with Crippen LogP contribution in [0.2, 0.25) is 0 Å². The van der Waals surface area contributed by atoms with Crippen LogP contribution in [0.4, 0.5) is 0 Å². The van der Waals surface area contributed by atoms with Gasteiger partial charge in [0, 0.05) is 39.3 Å². The molecule has 34 heavy (non-hydrogen) atoms. The predicted octanol–water partition coefficient (Wildman–Crippen LogP) is 3.96.